The molecule has 0 unspecified atom stereocenters. The van der Waals surface area contributed by atoms with Crippen LogP contribution in [0, 0.1) is 13.8 Å². The monoisotopic (exact) mass is 453 g/mol. The van der Waals surface area contributed by atoms with Gasteiger partial charge in [0.1, 0.15) is 17.0 Å². The van der Waals surface area contributed by atoms with Crippen LogP contribution in [0.3, 0.4) is 0 Å². The second kappa shape index (κ2) is 9.90. The largest absolute Gasteiger partial charge is 0.462 e. The van der Waals surface area contributed by atoms with Crippen LogP contribution in [0.4, 0.5) is 11.5 Å². The van der Waals surface area contributed by atoms with Crippen molar-refractivity contribution < 1.29 is 9.53 Å². The van der Waals surface area contributed by atoms with Gasteiger partial charge in [-0.15, -0.1) is 23.7 Å². The van der Waals surface area contributed by atoms with E-state index in [0.29, 0.717) is 12.2 Å². The van der Waals surface area contributed by atoms with E-state index >= 15 is 0 Å². The van der Waals surface area contributed by atoms with E-state index in [2.05, 4.69) is 52.7 Å². The van der Waals surface area contributed by atoms with Gasteiger partial charge in [0, 0.05) is 16.6 Å². The van der Waals surface area contributed by atoms with E-state index in [0.717, 1.165) is 39.3 Å². The highest BCUT2D eigenvalue weighted by molar-refractivity contribution is 7.17. The highest BCUT2D eigenvalue weighted by atomic mass is 35.5. The third-order valence-electron chi connectivity index (χ3n) is 5.01. The Hall–Kier alpha value is -2.96. The number of carbonyl (C=O) groups is 1. The van der Waals surface area contributed by atoms with Crippen LogP contribution in [0.15, 0.2) is 54.2 Å². The summed E-state index contributed by atoms with van der Waals surface area (Å²) < 4.78 is 5.19. The smallest absolute Gasteiger partial charge is 0.338 e. The van der Waals surface area contributed by atoms with Crippen LogP contribution in [-0.2, 0) is 4.74 Å². The molecule has 31 heavy (non-hydrogen) atoms. The summed E-state index contributed by atoms with van der Waals surface area (Å²) >= 11 is 1.61. The van der Waals surface area contributed by atoms with E-state index in [1.54, 1.807) is 29.8 Å². The number of thiophene rings is 1. The van der Waals surface area contributed by atoms with Crippen LogP contribution in [0.25, 0.3) is 21.3 Å². The van der Waals surface area contributed by atoms with Crippen molar-refractivity contribution in [3.63, 3.8) is 0 Å². The molecule has 0 fully saturated rings. The van der Waals surface area contributed by atoms with Gasteiger partial charge in [0.05, 0.1) is 17.6 Å². The molecule has 4 aromatic rings. The van der Waals surface area contributed by atoms with E-state index in [1.807, 2.05) is 19.1 Å². The first-order chi connectivity index (χ1) is 14.6. The summed E-state index contributed by atoms with van der Waals surface area (Å²) in [5.74, 6) is 0.443. The number of esters is 1. The van der Waals surface area contributed by atoms with Gasteiger partial charge in [0.25, 0.3) is 0 Å². The highest BCUT2D eigenvalue weighted by Gasteiger charge is 2.14. The van der Waals surface area contributed by atoms with Gasteiger partial charge in [-0.1, -0.05) is 25.1 Å². The molecule has 0 radical (unpaired) electrons. The second-order valence-electron chi connectivity index (χ2n) is 7.19. The molecule has 7 heteroatoms. The maximum absolute atomic E-state index is 12.0. The second-order valence-corrected chi connectivity index (χ2v) is 8.05. The van der Waals surface area contributed by atoms with Gasteiger partial charge in [-0.3, -0.25) is 0 Å². The van der Waals surface area contributed by atoms with E-state index in [-0.39, 0.29) is 18.4 Å². The average Bonchev–Trinajstić information content (AvgIpc) is 3.20. The Morgan fingerprint density at radius 3 is 2.55 bits per heavy atom. The van der Waals surface area contributed by atoms with Gasteiger partial charge in [-0.05, 0) is 61.2 Å². The molecule has 0 spiro atoms. The van der Waals surface area contributed by atoms with Crippen molar-refractivity contribution in [1.29, 1.82) is 0 Å². The molecule has 0 aliphatic rings. The van der Waals surface area contributed by atoms with E-state index in [4.69, 9.17) is 4.74 Å². The lowest BCUT2D eigenvalue weighted by molar-refractivity contribution is 0.0505. The minimum atomic E-state index is -0.303. The summed E-state index contributed by atoms with van der Waals surface area (Å²) in [5.41, 5.74) is 6.17. The van der Waals surface area contributed by atoms with Crippen molar-refractivity contribution in [1.82, 2.24) is 9.97 Å². The molecule has 4 rings (SSSR count). The van der Waals surface area contributed by atoms with Crippen LogP contribution >= 0.6 is 23.7 Å². The Kier molecular flexibility index (Phi) is 7.25. The normalized spacial score (nSPS) is 10.5. The zero-order valence-corrected chi connectivity index (χ0v) is 19.3. The summed E-state index contributed by atoms with van der Waals surface area (Å²) in [7, 11) is 0. The lowest BCUT2D eigenvalue weighted by Crippen LogP contribution is -2.05. The molecule has 0 saturated heterocycles. The molecule has 0 amide bonds. The quantitative estimate of drug-likeness (QED) is 0.329. The Morgan fingerprint density at radius 2 is 1.84 bits per heavy atom. The third-order valence-corrected chi connectivity index (χ3v) is 5.90. The lowest BCUT2D eigenvalue weighted by Gasteiger charge is -2.10. The molecule has 2 aromatic heterocycles. The summed E-state index contributed by atoms with van der Waals surface area (Å²) in [5, 5.41) is 6.51. The van der Waals surface area contributed by atoms with Crippen molar-refractivity contribution in [2.24, 2.45) is 0 Å². The molecule has 0 bridgehead atoms. The zero-order valence-electron chi connectivity index (χ0n) is 17.6. The molecular formula is C24H24ClN3O2S. The van der Waals surface area contributed by atoms with Gasteiger partial charge < -0.3 is 10.1 Å². The maximum Gasteiger partial charge on any atom is 0.338 e. The zero-order chi connectivity index (χ0) is 21.1. The summed E-state index contributed by atoms with van der Waals surface area (Å²) in [6.45, 7) is 6.63. The average molecular weight is 454 g/mol. The maximum atomic E-state index is 12.0. The first-order valence-corrected chi connectivity index (χ1v) is 10.8. The van der Waals surface area contributed by atoms with Crippen molar-refractivity contribution in [3.05, 3.63) is 70.9 Å². The van der Waals surface area contributed by atoms with Gasteiger partial charge >= 0.3 is 5.97 Å². The van der Waals surface area contributed by atoms with Crippen LogP contribution < -0.4 is 5.32 Å². The number of anilines is 2. The number of aryl methyl sites for hydroxylation is 2. The Balaban J connectivity index is 0.00000272. The molecule has 0 aliphatic heterocycles. The van der Waals surface area contributed by atoms with Gasteiger partial charge in [-0.25, -0.2) is 14.8 Å². The fraction of sp³-hybridized carbons (Fsp3) is 0.208. The predicted octanol–water partition coefficient (Wildman–Crippen LogP) is 6.71. The first kappa shape index (κ1) is 22.7. The summed E-state index contributed by atoms with van der Waals surface area (Å²) in [6.07, 6.45) is 2.38. The van der Waals surface area contributed by atoms with Crippen molar-refractivity contribution >= 4 is 51.4 Å². The summed E-state index contributed by atoms with van der Waals surface area (Å²) in [4.78, 5) is 21.9. The number of rotatable bonds is 6. The standard InChI is InChI=1S/C24H23N3O2S.ClH/c1-4-11-29-24(28)17-7-9-19(10-8-17)27-22-21-20(13-30-23(21)26-14-25-22)18-6-5-15(2)16(3)12-18;/h5-10,12-14H,4,11H2,1-3H3,(H,25,26,27);1H. The number of hydrogen-bond acceptors (Lipinski definition) is 6. The van der Waals surface area contributed by atoms with Crippen LogP contribution in [0.5, 0.6) is 0 Å². The van der Waals surface area contributed by atoms with Crippen molar-refractivity contribution in [2.45, 2.75) is 27.2 Å². The predicted molar refractivity (Wildman–Crippen MR) is 130 cm³/mol. The number of halogens is 1. The molecule has 1 N–H and O–H groups in total. The van der Waals surface area contributed by atoms with E-state index in [1.165, 1.54) is 11.1 Å². The molecule has 0 atom stereocenters. The molecule has 160 valence electrons. The summed E-state index contributed by atoms with van der Waals surface area (Å²) in [6, 6.07) is 13.7. The Morgan fingerprint density at radius 1 is 1.06 bits per heavy atom. The van der Waals surface area contributed by atoms with Crippen LogP contribution in [0.1, 0.15) is 34.8 Å². The van der Waals surface area contributed by atoms with E-state index < -0.39 is 0 Å². The molecule has 0 aliphatic carbocycles. The number of benzene rings is 2. The van der Waals surface area contributed by atoms with Gasteiger partial charge in [0.2, 0.25) is 0 Å². The van der Waals surface area contributed by atoms with Crippen LogP contribution in [0.2, 0.25) is 0 Å². The minimum Gasteiger partial charge on any atom is -0.462 e. The number of ether oxygens (including phenoxy) is 1. The van der Waals surface area contributed by atoms with Crippen molar-refractivity contribution in [2.75, 3.05) is 11.9 Å². The number of carbonyl (C=O) groups excluding carboxylic acids is 1. The number of hydrogen-bond donors (Lipinski definition) is 1. The number of nitrogens with zero attached hydrogens (tertiary/aromatic N) is 2. The molecular weight excluding hydrogens is 430 g/mol. The van der Waals surface area contributed by atoms with Crippen LogP contribution in [-0.4, -0.2) is 22.5 Å². The first-order valence-electron chi connectivity index (χ1n) is 9.91. The number of fused-ring (bicyclic) bond motifs is 1. The third kappa shape index (κ3) is 4.86. The Labute approximate surface area is 191 Å². The molecule has 0 saturated carbocycles. The van der Waals surface area contributed by atoms with Crippen molar-refractivity contribution in [3.8, 4) is 11.1 Å². The Bertz CT molecular complexity index is 1210. The number of nitrogens with one attached hydrogen (secondary N) is 1. The van der Waals surface area contributed by atoms with Gasteiger partial charge in [-0.2, -0.15) is 0 Å². The SMILES string of the molecule is CCCOC(=O)c1ccc(Nc2ncnc3scc(-c4ccc(C)c(C)c4)c23)cc1.Cl. The van der Waals surface area contributed by atoms with Gasteiger partial charge in [0.15, 0.2) is 0 Å². The molecule has 2 aromatic carbocycles. The lowest BCUT2D eigenvalue weighted by atomic mass is 10.0. The highest BCUT2D eigenvalue weighted by Crippen LogP contribution is 2.38. The number of aromatic nitrogens is 2. The molecule has 2 heterocycles. The molecule has 5 nitrogen and oxygen atoms in total. The fourth-order valence-corrected chi connectivity index (χ4v) is 4.11. The fourth-order valence-electron chi connectivity index (χ4n) is 3.20. The topological polar surface area (TPSA) is 64.1 Å². The minimum absolute atomic E-state index is 0. The van der Waals surface area contributed by atoms with E-state index in [9.17, 15) is 4.79 Å².